The Labute approximate surface area is 471 Å². The molecule has 0 aromatic heterocycles. The molecular weight excluding hydrogens is 1020 g/mol. The monoisotopic (exact) mass is 1120 g/mol. The van der Waals surface area contributed by atoms with Gasteiger partial charge in [-0.25, -0.2) is 0 Å². The number of carbonyl (C=O) groups excluding carboxylic acids is 10. The molecule has 1 rings (SSSR count). The van der Waals surface area contributed by atoms with Crippen LogP contribution >= 0.6 is 0 Å². The fourth-order valence-corrected chi connectivity index (χ4v) is 9.15. The number of Topliss-reactive ketones (excluding diaryl/α,β-unsaturated/α-hetero) is 1. The molecular formula is C57H104N10O12. The van der Waals surface area contributed by atoms with E-state index >= 15 is 0 Å². The number of hydrogen-bond acceptors (Lipinski definition) is 13. The van der Waals surface area contributed by atoms with Gasteiger partial charge in [-0.3, -0.25) is 47.9 Å². The normalized spacial score (nSPS) is 17.7. The zero-order valence-corrected chi connectivity index (χ0v) is 50.8. The van der Waals surface area contributed by atoms with E-state index in [0.717, 1.165) is 25.7 Å². The summed E-state index contributed by atoms with van der Waals surface area (Å²) >= 11 is 0. The molecule has 0 radical (unpaired) electrons. The molecule has 0 aromatic rings. The minimum atomic E-state index is -1.67. The first-order valence-electron chi connectivity index (χ1n) is 29.0. The third-order valence-corrected chi connectivity index (χ3v) is 15.0. The highest BCUT2D eigenvalue weighted by Crippen LogP contribution is 2.24. The number of likely N-dealkylation sites (tertiary alicyclic amines) is 1. The third kappa shape index (κ3) is 24.2. The molecule has 11 N–H and O–H groups in total. The maximum Gasteiger partial charge on any atom is 0.246 e. The number of hydrogen-bond donors (Lipinski definition) is 11. The van der Waals surface area contributed by atoms with Crippen LogP contribution in [0.1, 0.15) is 194 Å². The lowest BCUT2D eigenvalue weighted by Crippen LogP contribution is -2.66. The van der Waals surface area contributed by atoms with Crippen molar-refractivity contribution in [1.82, 2.24) is 52.8 Å². The predicted octanol–water partition coefficient (Wildman–Crippen LogP) is 2.55. The van der Waals surface area contributed by atoms with Gasteiger partial charge in [0.1, 0.15) is 52.6 Å². The van der Waals surface area contributed by atoms with Crippen LogP contribution in [0.2, 0.25) is 0 Å². The highest BCUT2D eigenvalue weighted by Gasteiger charge is 2.42. The molecule has 0 aromatic carbocycles. The molecule has 0 aliphatic carbocycles. The Bertz CT molecular complexity index is 2030. The molecule has 79 heavy (non-hydrogen) atoms. The van der Waals surface area contributed by atoms with Crippen molar-refractivity contribution in [2.45, 2.75) is 253 Å². The fourth-order valence-electron chi connectivity index (χ4n) is 9.15. The second-order valence-corrected chi connectivity index (χ2v) is 23.9. The summed E-state index contributed by atoms with van der Waals surface area (Å²) in [5.74, 6) is -7.12. The lowest BCUT2D eigenvalue weighted by atomic mass is 9.92. The van der Waals surface area contributed by atoms with E-state index in [1.807, 2.05) is 20.8 Å². The van der Waals surface area contributed by atoms with E-state index in [2.05, 4.69) is 54.8 Å². The van der Waals surface area contributed by atoms with Gasteiger partial charge in [0.05, 0.1) is 12.7 Å². The van der Waals surface area contributed by atoms with Crippen molar-refractivity contribution >= 4 is 58.9 Å². The van der Waals surface area contributed by atoms with Crippen molar-refractivity contribution in [2.24, 2.45) is 23.7 Å². The number of nitrogens with zero attached hydrogens (tertiary/aromatic N) is 1. The standard InChI is InChI=1S/C57H104N10O12/c1-17-21-22-23-25-37(8)51(76)67-28-24-26-43(67)48(73)61-42(31-34(5)30-41(70)32-40(69)20-4)47(72)60-39(10)46(71)64-55(11,12)53(78)63-44(35(6)18-2)49(74)62-45(36(7)19-3)50(75)65-57(15,16)54(79)66-56(13,14)52(77)59-38(9)33-58-27-29-68/h34-39,41-45,58,68,70H,17-33H2,1-16H3,(H,59,77)(H,60,72)(H,61,73)(H,62,74)(H,63,78)(H,64,71)(H,65,75)(H,66,79)/t34?,35-,36-,37-,38?,39-,41?,42-,43-,44-,45-/m0/s1. The van der Waals surface area contributed by atoms with Crippen LogP contribution in [0.5, 0.6) is 0 Å². The molecule has 22 heteroatoms. The molecule has 11 atom stereocenters. The Hall–Kier alpha value is -5.22. The lowest BCUT2D eigenvalue weighted by Gasteiger charge is -2.35. The maximum atomic E-state index is 14.2. The van der Waals surface area contributed by atoms with Gasteiger partial charge in [0.2, 0.25) is 53.2 Å². The zero-order chi connectivity index (χ0) is 60.6. The molecule has 1 aliphatic rings. The van der Waals surface area contributed by atoms with Gasteiger partial charge < -0.3 is 63.0 Å². The van der Waals surface area contributed by atoms with Gasteiger partial charge >= 0.3 is 0 Å². The van der Waals surface area contributed by atoms with Crippen molar-refractivity contribution in [3.63, 3.8) is 0 Å². The molecule has 0 spiro atoms. The van der Waals surface area contributed by atoms with E-state index in [0.29, 0.717) is 51.7 Å². The van der Waals surface area contributed by atoms with E-state index < -0.39 is 112 Å². The number of carbonyl (C=O) groups is 10. The van der Waals surface area contributed by atoms with E-state index in [9.17, 15) is 53.1 Å². The highest BCUT2D eigenvalue weighted by molar-refractivity contribution is 6.00. The Morgan fingerprint density at radius 2 is 1.18 bits per heavy atom. The topological polar surface area (TPSA) is 323 Å². The molecule has 1 heterocycles. The summed E-state index contributed by atoms with van der Waals surface area (Å²) < 4.78 is 0. The smallest absolute Gasteiger partial charge is 0.246 e. The van der Waals surface area contributed by atoms with Gasteiger partial charge in [-0.15, -0.1) is 0 Å². The molecule has 0 bridgehead atoms. The summed E-state index contributed by atoms with van der Waals surface area (Å²) in [6.07, 6.45) is 6.01. The Balaban J connectivity index is 3.27. The van der Waals surface area contributed by atoms with Crippen molar-refractivity contribution in [1.29, 1.82) is 0 Å². The SMILES string of the molecule is CCCCCC[C@H](C)C(=O)N1CCC[C@H]1C(=O)N[C@@H](CC(C)CC(O)CC(=O)CC)C(=O)N[C@@H](C)C(=O)NC(C)(C)C(=O)N[C@H](C(=O)N[C@H](C(=O)NC(C)(C)C(=O)NC(C)(C)C(=O)NC(C)CNCCO)[C@@H](C)CC)[C@@H](C)CC. The number of amides is 9. The van der Waals surface area contributed by atoms with Crippen LogP contribution < -0.4 is 47.9 Å². The van der Waals surface area contributed by atoms with Crippen LogP contribution in [0.15, 0.2) is 0 Å². The van der Waals surface area contributed by atoms with Gasteiger partial charge in [0.25, 0.3) is 0 Å². The maximum absolute atomic E-state index is 14.2. The number of unbranched alkanes of at least 4 members (excludes halogenated alkanes) is 3. The van der Waals surface area contributed by atoms with Crippen molar-refractivity contribution in [2.75, 3.05) is 26.2 Å². The zero-order valence-electron chi connectivity index (χ0n) is 50.8. The number of rotatable bonds is 37. The second-order valence-electron chi connectivity index (χ2n) is 23.9. The average Bonchev–Trinajstić information content (AvgIpc) is 3.87. The summed E-state index contributed by atoms with van der Waals surface area (Å²) in [6.45, 7) is 27.6. The van der Waals surface area contributed by atoms with Crippen LogP contribution in [0, 0.1) is 23.7 Å². The quantitative estimate of drug-likeness (QED) is 0.0399. The van der Waals surface area contributed by atoms with Gasteiger partial charge in [-0.1, -0.05) is 93.9 Å². The summed E-state index contributed by atoms with van der Waals surface area (Å²) in [5, 5.41) is 44.7. The predicted molar refractivity (Wildman–Crippen MR) is 304 cm³/mol. The van der Waals surface area contributed by atoms with E-state index in [1.54, 1.807) is 39.5 Å². The first kappa shape index (κ1) is 71.8. The molecule has 3 unspecified atom stereocenters. The second kappa shape index (κ2) is 34.2. The number of aliphatic hydroxyl groups is 2. The number of aliphatic hydroxyl groups excluding tert-OH is 2. The molecule has 1 fully saturated rings. The van der Waals surface area contributed by atoms with Gasteiger partial charge in [0, 0.05) is 44.4 Å². The fraction of sp³-hybridized carbons (Fsp3) is 0.825. The number of ketones is 1. The molecule has 1 saturated heterocycles. The van der Waals surface area contributed by atoms with Gasteiger partial charge in [-0.2, -0.15) is 0 Å². The minimum Gasteiger partial charge on any atom is -0.395 e. The first-order valence-corrected chi connectivity index (χ1v) is 29.0. The summed E-state index contributed by atoms with van der Waals surface area (Å²) in [4.78, 5) is 138. The minimum absolute atomic E-state index is 0.0296. The summed E-state index contributed by atoms with van der Waals surface area (Å²) in [7, 11) is 0. The van der Waals surface area contributed by atoms with Gasteiger partial charge in [-0.05, 0) is 105 Å². The van der Waals surface area contributed by atoms with E-state index in [-0.39, 0.29) is 61.9 Å². The third-order valence-electron chi connectivity index (χ3n) is 15.0. The Morgan fingerprint density at radius 3 is 1.75 bits per heavy atom. The lowest BCUT2D eigenvalue weighted by molar-refractivity contribution is -0.142. The van der Waals surface area contributed by atoms with Crippen molar-refractivity contribution in [3.05, 3.63) is 0 Å². The van der Waals surface area contributed by atoms with Crippen molar-refractivity contribution < 1.29 is 58.2 Å². The number of nitrogens with one attached hydrogen (secondary N) is 9. The largest absolute Gasteiger partial charge is 0.395 e. The Kier molecular flexibility index (Phi) is 31.0. The summed E-state index contributed by atoms with van der Waals surface area (Å²) in [5.41, 5.74) is -4.64. The average molecular weight is 1120 g/mol. The van der Waals surface area contributed by atoms with Crippen LogP contribution in [-0.2, 0) is 47.9 Å². The van der Waals surface area contributed by atoms with Crippen LogP contribution in [0.3, 0.4) is 0 Å². The first-order chi connectivity index (χ1) is 36.7. The van der Waals surface area contributed by atoms with Crippen LogP contribution in [-0.4, -0.2) is 159 Å². The van der Waals surface area contributed by atoms with Gasteiger partial charge in [0.15, 0.2) is 0 Å². The molecule has 1 aliphatic heterocycles. The van der Waals surface area contributed by atoms with E-state index in [4.69, 9.17) is 5.11 Å². The molecule has 9 amide bonds. The van der Waals surface area contributed by atoms with Crippen LogP contribution in [0.4, 0.5) is 0 Å². The molecule has 0 saturated carbocycles. The highest BCUT2D eigenvalue weighted by atomic mass is 16.3. The van der Waals surface area contributed by atoms with Crippen LogP contribution in [0.25, 0.3) is 0 Å². The molecule has 22 nitrogen and oxygen atoms in total. The Morgan fingerprint density at radius 1 is 0.620 bits per heavy atom. The molecule has 454 valence electrons. The van der Waals surface area contributed by atoms with Crippen molar-refractivity contribution in [3.8, 4) is 0 Å². The summed E-state index contributed by atoms with van der Waals surface area (Å²) in [6, 6.07) is -5.98. The van der Waals surface area contributed by atoms with E-state index in [1.165, 1.54) is 48.5 Å².